The molecule has 0 aliphatic carbocycles. The Morgan fingerprint density at radius 3 is 2.44 bits per heavy atom. The zero-order valence-electron chi connectivity index (χ0n) is 18.9. The van der Waals surface area contributed by atoms with E-state index in [1.165, 1.54) is 16.7 Å². The fourth-order valence-electron chi connectivity index (χ4n) is 3.41. The minimum Gasteiger partial charge on any atom is -0.335 e. The molecule has 168 valence electrons. The summed E-state index contributed by atoms with van der Waals surface area (Å²) in [6.07, 6.45) is 0.821. The highest BCUT2D eigenvalue weighted by Gasteiger charge is 2.24. The average molecular weight is 452 g/mol. The highest BCUT2D eigenvalue weighted by Crippen LogP contribution is 2.27. The van der Waals surface area contributed by atoms with Crippen LogP contribution < -0.4 is 5.32 Å². The van der Waals surface area contributed by atoms with Crippen LogP contribution >= 0.6 is 11.8 Å². The Bertz CT molecular complexity index is 1070. The molecule has 7 nitrogen and oxygen atoms in total. The number of carbonyl (C=O) groups excluding carboxylic acids is 2. The largest absolute Gasteiger partial charge is 0.335 e. The number of nitrogens with one attached hydrogen (secondary N) is 1. The standard InChI is InChI=1S/C24H29N5O2S/c1-5-18-12-10-11-15-20(18)25-21(30)16-28(4)23(31)17(3)32-24-27-26-22(29(24)6-2)19-13-8-7-9-14-19/h7-15,17H,5-6,16H2,1-4H3,(H,25,30). The van der Waals surface area contributed by atoms with Crippen LogP contribution in [0.2, 0.25) is 0 Å². The van der Waals surface area contributed by atoms with Crippen molar-refractivity contribution in [1.29, 1.82) is 0 Å². The van der Waals surface area contributed by atoms with E-state index in [2.05, 4.69) is 15.5 Å². The maximum Gasteiger partial charge on any atom is 0.243 e. The van der Waals surface area contributed by atoms with E-state index in [1.807, 2.05) is 79.9 Å². The lowest BCUT2D eigenvalue weighted by Crippen LogP contribution is -2.39. The van der Waals surface area contributed by atoms with E-state index in [-0.39, 0.29) is 18.4 Å². The third-order valence-corrected chi connectivity index (χ3v) is 6.19. The summed E-state index contributed by atoms with van der Waals surface area (Å²) in [4.78, 5) is 26.9. The highest BCUT2D eigenvalue weighted by molar-refractivity contribution is 8.00. The molecule has 0 radical (unpaired) electrons. The van der Waals surface area contributed by atoms with Crippen LogP contribution in [-0.2, 0) is 22.6 Å². The van der Waals surface area contributed by atoms with Gasteiger partial charge in [-0.3, -0.25) is 9.59 Å². The van der Waals surface area contributed by atoms with E-state index in [9.17, 15) is 9.59 Å². The topological polar surface area (TPSA) is 80.1 Å². The molecule has 1 heterocycles. The van der Waals surface area contributed by atoms with Crippen LogP contribution in [0.25, 0.3) is 11.4 Å². The molecule has 0 bridgehead atoms. The molecule has 3 aromatic rings. The van der Waals surface area contributed by atoms with E-state index >= 15 is 0 Å². The second kappa shape index (κ2) is 10.9. The van der Waals surface area contributed by atoms with Crippen molar-refractivity contribution in [1.82, 2.24) is 19.7 Å². The van der Waals surface area contributed by atoms with Crippen molar-refractivity contribution in [3.63, 3.8) is 0 Å². The van der Waals surface area contributed by atoms with Crippen LogP contribution in [-0.4, -0.2) is 50.3 Å². The van der Waals surface area contributed by atoms with Crippen molar-refractivity contribution in [2.75, 3.05) is 18.9 Å². The van der Waals surface area contributed by atoms with Crippen LogP contribution in [0.4, 0.5) is 5.69 Å². The SMILES string of the molecule is CCc1ccccc1NC(=O)CN(C)C(=O)C(C)Sc1nnc(-c2ccccc2)n1CC. The van der Waals surface area contributed by atoms with Gasteiger partial charge in [0.1, 0.15) is 0 Å². The van der Waals surface area contributed by atoms with E-state index < -0.39 is 5.25 Å². The number of likely N-dealkylation sites (N-methyl/N-ethyl adjacent to an activating group) is 1. The lowest BCUT2D eigenvalue weighted by Gasteiger charge is -2.21. The molecule has 1 aromatic heterocycles. The Hall–Kier alpha value is -3.13. The van der Waals surface area contributed by atoms with Gasteiger partial charge in [-0.25, -0.2) is 0 Å². The molecule has 2 aromatic carbocycles. The Labute approximate surface area is 193 Å². The van der Waals surface area contributed by atoms with Crippen LogP contribution in [0.5, 0.6) is 0 Å². The molecule has 3 rings (SSSR count). The maximum absolute atomic E-state index is 12.9. The number of amides is 2. The van der Waals surface area contributed by atoms with Gasteiger partial charge in [0.25, 0.3) is 0 Å². The van der Waals surface area contributed by atoms with Gasteiger partial charge in [0.2, 0.25) is 11.8 Å². The van der Waals surface area contributed by atoms with Crippen molar-refractivity contribution >= 4 is 29.3 Å². The summed E-state index contributed by atoms with van der Waals surface area (Å²) >= 11 is 1.35. The molecule has 0 spiro atoms. The average Bonchev–Trinajstić information content (AvgIpc) is 3.21. The molecule has 0 aliphatic rings. The fourth-order valence-corrected chi connectivity index (χ4v) is 4.44. The van der Waals surface area contributed by atoms with Gasteiger partial charge in [0.15, 0.2) is 11.0 Å². The van der Waals surface area contributed by atoms with Gasteiger partial charge in [-0.1, -0.05) is 67.2 Å². The van der Waals surface area contributed by atoms with Crippen LogP contribution in [0.3, 0.4) is 0 Å². The van der Waals surface area contributed by atoms with Gasteiger partial charge < -0.3 is 14.8 Å². The minimum atomic E-state index is -0.408. The summed E-state index contributed by atoms with van der Waals surface area (Å²) < 4.78 is 2.00. The summed E-state index contributed by atoms with van der Waals surface area (Å²) in [5.74, 6) is 0.417. The number of hydrogen-bond donors (Lipinski definition) is 1. The van der Waals surface area contributed by atoms with Gasteiger partial charge >= 0.3 is 0 Å². The van der Waals surface area contributed by atoms with E-state index in [4.69, 9.17) is 0 Å². The molecule has 2 amide bonds. The van der Waals surface area contributed by atoms with Crippen molar-refractivity contribution in [2.45, 2.75) is 44.1 Å². The monoisotopic (exact) mass is 451 g/mol. The second-order valence-corrected chi connectivity index (χ2v) is 8.74. The second-order valence-electron chi connectivity index (χ2n) is 7.43. The number of aromatic nitrogens is 3. The Morgan fingerprint density at radius 2 is 1.75 bits per heavy atom. The van der Waals surface area contributed by atoms with E-state index in [0.717, 1.165) is 29.1 Å². The quantitative estimate of drug-likeness (QED) is 0.496. The molecule has 0 fully saturated rings. The van der Waals surface area contributed by atoms with Gasteiger partial charge in [-0.15, -0.1) is 10.2 Å². The van der Waals surface area contributed by atoms with Crippen molar-refractivity contribution in [2.24, 2.45) is 0 Å². The summed E-state index contributed by atoms with van der Waals surface area (Å²) in [5, 5.41) is 11.8. The number of nitrogens with zero attached hydrogens (tertiary/aromatic N) is 4. The summed E-state index contributed by atoms with van der Waals surface area (Å²) in [7, 11) is 1.64. The fraction of sp³-hybridized carbons (Fsp3) is 0.333. The number of rotatable bonds is 9. The zero-order valence-corrected chi connectivity index (χ0v) is 19.7. The number of carbonyl (C=O) groups is 2. The highest BCUT2D eigenvalue weighted by atomic mass is 32.2. The van der Waals surface area contributed by atoms with Gasteiger partial charge in [0, 0.05) is 24.8 Å². The first kappa shape index (κ1) is 23.5. The molecular weight excluding hydrogens is 422 g/mol. The first-order valence-electron chi connectivity index (χ1n) is 10.7. The van der Waals surface area contributed by atoms with Gasteiger partial charge in [0.05, 0.1) is 11.8 Å². The smallest absolute Gasteiger partial charge is 0.243 e. The molecule has 0 saturated heterocycles. The molecule has 0 saturated carbocycles. The molecular formula is C24H29N5O2S. The van der Waals surface area contributed by atoms with Crippen molar-refractivity contribution in [3.8, 4) is 11.4 Å². The predicted molar refractivity (Wildman–Crippen MR) is 129 cm³/mol. The maximum atomic E-state index is 12.9. The predicted octanol–water partition coefficient (Wildman–Crippen LogP) is 4.11. The molecule has 8 heteroatoms. The van der Waals surface area contributed by atoms with Crippen LogP contribution in [0.15, 0.2) is 59.8 Å². The first-order chi connectivity index (χ1) is 15.4. The number of anilines is 1. The van der Waals surface area contributed by atoms with E-state index in [0.29, 0.717) is 11.7 Å². The lowest BCUT2D eigenvalue weighted by atomic mass is 10.1. The lowest BCUT2D eigenvalue weighted by molar-refractivity contribution is -0.132. The van der Waals surface area contributed by atoms with Gasteiger partial charge in [-0.05, 0) is 31.9 Å². The normalized spacial score (nSPS) is 11.8. The number of benzene rings is 2. The zero-order chi connectivity index (χ0) is 23.1. The molecule has 1 N–H and O–H groups in total. The molecule has 32 heavy (non-hydrogen) atoms. The molecule has 1 unspecified atom stereocenters. The Morgan fingerprint density at radius 1 is 1.06 bits per heavy atom. The number of hydrogen-bond acceptors (Lipinski definition) is 5. The summed E-state index contributed by atoms with van der Waals surface area (Å²) in [6.45, 7) is 6.56. The van der Waals surface area contributed by atoms with Gasteiger partial charge in [-0.2, -0.15) is 0 Å². The van der Waals surface area contributed by atoms with Crippen LogP contribution in [0.1, 0.15) is 26.3 Å². The molecule has 0 aliphatic heterocycles. The number of aryl methyl sites for hydroxylation is 1. The summed E-state index contributed by atoms with van der Waals surface area (Å²) in [5.41, 5.74) is 2.83. The number of thioether (sulfide) groups is 1. The third kappa shape index (κ3) is 5.56. The first-order valence-corrected chi connectivity index (χ1v) is 11.6. The Balaban J connectivity index is 1.63. The van der Waals surface area contributed by atoms with Crippen molar-refractivity contribution < 1.29 is 9.59 Å². The number of para-hydroxylation sites is 1. The molecule has 1 atom stereocenters. The summed E-state index contributed by atoms with van der Waals surface area (Å²) in [6, 6.07) is 17.5. The van der Waals surface area contributed by atoms with Crippen LogP contribution in [0, 0.1) is 0 Å². The third-order valence-electron chi connectivity index (χ3n) is 5.12. The van der Waals surface area contributed by atoms with E-state index in [1.54, 1.807) is 7.05 Å². The minimum absolute atomic E-state index is 0.0164. The van der Waals surface area contributed by atoms with Crippen molar-refractivity contribution in [3.05, 3.63) is 60.2 Å². The Kier molecular flexibility index (Phi) is 8.05.